The van der Waals surface area contributed by atoms with Crippen molar-refractivity contribution in [2.45, 2.75) is 413 Å². The van der Waals surface area contributed by atoms with E-state index in [2.05, 4.69) is 41.5 Å². The number of carbonyl (C=O) groups excluding carboxylic acids is 4. The fourth-order valence-corrected chi connectivity index (χ4v) is 13.2. The van der Waals surface area contributed by atoms with Crippen molar-refractivity contribution in [2.24, 2.45) is 11.8 Å². The topological polar surface area (TPSA) is 237 Å². The zero-order chi connectivity index (χ0) is 70.0. The normalized spacial score (nSPS) is 14.0. The Morgan fingerprint density at radius 2 is 0.484 bits per heavy atom. The molecule has 0 aromatic rings. The lowest BCUT2D eigenvalue weighted by molar-refractivity contribution is -0.161. The second-order valence-electron chi connectivity index (χ2n) is 28.3. The summed E-state index contributed by atoms with van der Waals surface area (Å²) in [6.07, 6.45) is 55.8. The predicted octanol–water partition coefficient (Wildman–Crippen LogP) is 22.3. The van der Waals surface area contributed by atoms with Crippen LogP contribution in [-0.2, 0) is 65.4 Å². The molecule has 0 aromatic carbocycles. The first kappa shape index (κ1) is 93.1. The molecule has 5 atom stereocenters. The van der Waals surface area contributed by atoms with Crippen LogP contribution >= 0.6 is 15.6 Å². The van der Waals surface area contributed by atoms with E-state index in [1.807, 2.05) is 0 Å². The van der Waals surface area contributed by atoms with Gasteiger partial charge < -0.3 is 33.8 Å². The van der Waals surface area contributed by atoms with Gasteiger partial charge in [0.2, 0.25) is 0 Å². The number of esters is 4. The Labute approximate surface area is 581 Å². The molecular weight excluding hydrogens is 1250 g/mol. The maximum atomic E-state index is 13.1. The van der Waals surface area contributed by atoms with Crippen LogP contribution in [0.2, 0.25) is 0 Å². The van der Waals surface area contributed by atoms with Crippen molar-refractivity contribution in [3.63, 3.8) is 0 Å². The molecule has 0 aliphatic rings. The predicted molar refractivity (Wildman–Crippen MR) is 386 cm³/mol. The van der Waals surface area contributed by atoms with Crippen LogP contribution in [0.5, 0.6) is 0 Å². The van der Waals surface area contributed by atoms with Crippen LogP contribution < -0.4 is 0 Å². The number of unbranched alkanes of at least 4 members (excludes halogenated alkanes) is 45. The molecule has 0 saturated heterocycles. The molecule has 0 radical (unpaired) electrons. The Hall–Kier alpha value is -1.94. The van der Waals surface area contributed by atoms with Crippen molar-refractivity contribution >= 4 is 39.5 Å². The highest BCUT2D eigenvalue weighted by molar-refractivity contribution is 7.47. The second kappa shape index (κ2) is 67.9. The Bertz CT molecular complexity index is 1840. The second-order valence-corrected chi connectivity index (χ2v) is 31.3. The molecule has 17 nitrogen and oxygen atoms in total. The van der Waals surface area contributed by atoms with Gasteiger partial charge in [0.05, 0.1) is 26.4 Å². The Morgan fingerprint density at radius 3 is 0.716 bits per heavy atom. The van der Waals surface area contributed by atoms with Crippen molar-refractivity contribution < 1.29 is 80.2 Å². The molecular formula is C76H148O17P2. The summed E-state index contributed by atoms with van der Waals surface area (Å²) >= 11 is 0. The van der Waals surface area contributed by atoms with E-state index >= 15 is 0 Å². The number of rotatable bonds is 75. The zero-order valence-corrected chi connectivity index (χ0v) is 63.8. The Kier molecular flexibility index (Phi) is 66.5. The van der Waals surface area contributed by atoms with Gasteiger partial charge in [-0.25, -0.2) is 9.13 Å². The smallest absolute Gasteiger partial charge is 0.462 e. The van der Waals surface area contributed by atoms with E-state index in [1.165, 1.54) is 205 Å². The van der Waals surface area contributed by atoms with Crippen LogP contribution in [0, 0.1) is 11.8 Å². The minimum absolute atomic E-state index is 0.104. The molecule has 0 aliphatic carbocycles. The van der Waals surface area contributed by atoms with Crippen LogP contribution in [0.4, 0.5) is 0 Å². The van der Waals surface area contributed by atoms with Gasteiger partial charge in [0.15, 0.2) is 12.2 Å². The van der Waals surface area contributed by atoms with Gasteiger partial charge in [0.1, 0.15) is 19.3 Å². The van der Waals surface area contributed by atoms with Gasteiger partial charge in [-0.15, -0.1) is 0 Å². The van der Waals surface area contributed by atoms with Crippen LogP contribution in [0.3, 0.4) is 0 Å². The number of phosphoric ester groups is 2. The van der Waals surface area contributed by atoms with Crippen molar-refractivity contribution in [1.82, 2.24) is 0 Å². The van der Waals surface area contributed by atoms with E-state index in [-0.39, 0.29) is 25.7 Å². The minimum Gasteiger partial charge on any atom is -0.462 e. The molecule has 0 aliphatic heterocycles. The number of phosphoric acid groups is 2. The molecule has 0 heterocycles. The van der Waals surface area contributed by atoms with Gasteiger partial charge in [0.25, 0.3) is 0 Å². The highest BCUT2D eigenvalue weighted by Gasteiger charge is 2.30. The zero-order valence-electron chi connectivity index (χ0n) is 62.0. The van der Waals surface area contributed by atoms with Gasteiger partial charge >= 0.3 is 39.5 Å². The number of aliphatic hydroxyl groups excluding tert-OH is 1. The minimum atomic E-state index is -4.96. The highest BCUT2D eigenvalue weighted by atomic mass is 31.2. The van der Waals surface area contributed by atoms with E-state index in [0.717, 1.165) is 102 Å². The fourth-order valence-electron chi connectivity index (χ4n) is 11.7. The van der Waals surface area contributed by atoms with Gasteiger partial charge in [-0.05, 0) is 37.5 Å². The average Bonchev–Trinajstić information content (AvgIpc) is 1.66. The summed E-state index contributed by atoms with van der Waals surface area (Å²) in [6.45, 7) is 9.49. The summed E-state index contributed by atoms with van der Waals surface area (Å²) < 4.78 is 68.5. The monoisotopic (exact) mass is 1400 g/mol. The van der Waals surface area contributed by atoms with E-state index in [4.69, 9.17) is 37.0 Å². The standard InChI is InChI=1S/C76H148O17P2/c1-7-9-11-13-15-17-19-21-22-23-24-25-26-27-28-30-32-34-41-48-54-60-75(80)92-71(64-86-73(78)58-52-46-40-33-31-29-20-18-16-14-12-10-8-2)66-90-94(82,83)88-62-70(77)63-89-95(84,85)91-67-72(65-87-74(79)59-53-47-43-37-39-45-51-57-69(5)6)93-76(81)61-55-49-42-36-35-38-44-50-56-68(3)4/h68-72,77H,7-67H2,1-6H3,(H,82,83)(H,84,85)/t70-,71-,72-/m1/s1. The molecule has 19 heteroatoms. The van der Waals surface area contributed by atoms with Crippen molar-refractivity contribution in [2.75, 3.05) is 39.6 Å². The molecule has 0 spiro atoms. The Balaban J connectivity index is 5.19. The van der Waals surface area contributed by atoms with Crippen molar-refractivity contribution in [3.8, 4) is 0 Å². The summed E-state index contributed by atoms with van der Waals surface area (Å²) in [4.78, 5) is 72.7. The number of hydrogen-bond acceptors (Lipinski definition) is 15. The van der Waals surface area contributed by atoms with Crippen LogP contribution in [0.15, 0.2) is 0 Å². The van der Waals surface area contributed by atoms with E-state index in [9.17, 15) is 43.2 Å². The fraction of sp³-hybridized carbons (Fsp3) is 0.947. The maximum absolute atomic E-state index is 13.1. The first-order valence-corrected chi connectivity index (χ1v) is 42.5. The van der Waals surface area contributed by atoms with Gasteiger partial charge in [-0.3, -0.25) is 37.3 Å². The summed E-state index contributed by atoms with van der Waals surface area (Å²) in [6, 6.07) is 0. The molecule has 3 N–H and O–H groups in total. The van der Waals surface area contributed by atoms with E-state index in [0.29, 0.717) is 31.6 Å². The molecule has 0 rings (SSSR count). The van der Waals surface area contributed by atoms with Gasteiger partial charge in [-0.1, -0.05) is 343 Å². The Morgan fingerprint density at radius 1 is 0.284 bits per heavy atom. The summed E-state index contributed by atoms with van der Waals surface area (Å²) in [5.41, 5.74) is 0. The van der Waals surface area contributed by atoms with Crippen molar-refractivity contribution in [1.29, 1.82) is 0 Å². The van der Waals surface area contributed by atoms with E-state index in [1.54, 1.807) is 0 Å². The third-order valence-corrected chi connectivity index (χ3v) is 19.6. The number of ether oxygens (including phenoxy) is 4. The summed E-state index contributed by atoms with van der Waals surface area (Å²) in [5.74, 6) is -0.696. The maximum Gasteiger partial charge on any atom is 0.472 e. The lowest BCUT2D eigenvalue weighted by atomic mass is 10.0. The number of aliphatic hydroxyl groups is 1. The number of carbonyl (C=O) groups is 4. The summed E-state index contributed by atoms with van der Waals surface area (Å²) in [5, 5.41) is 10.6. The average molecular weight is 1400 g/mol. The quantitative estimate of drug-likeness (QED) is 0.0222. The molecule has 0 bridgehead atoms. The van der Waals surface area contributed by atoms with Crippen LogP contribution in [0.25, 0.3) is 0 Å². The van der Waals surface area contributed by atoms with Gasteiger partial charge in [0, 0.05) is 25.7 Å². The van der Waals surface area contributed by atoms with E-state index < -0.39 is 97.5 Å². The highest BCUT2D eigenvalue weighted by Crippen LogP contribution is 2.45. The molecule has 0 saturated carbocycles. The molecule has 0 amide bonds. The number of hydrogen-bond donors (Lipinski definition) is 3. The lowest BCUT2D eigenvalue weighted by Gasteiger charge is -2.21. The molecule has 2 unspecified atom stereocenters. The molecule has 0 fully saturated rings. The SMILES string of the molecule is CCCCCCCCCCCCCCCCCCCCCCCC(=O)O[C@H](COC(=O)CCCCCCCCCCCCCCC)COP(=O)(O)OC[C@@H](O)COP(=O)(O)OC[C@@H](COC(=O)CCCCCCCCCC(C)C)OC(=O)CCCCCCCCCCC(C)C. The van der Waals surface area contributed by atoms with Crippen molar-refractivity contribution in [3.05, 3.63) is 0 Å². The van der Waals surface area contributed by atoms with Crippen LogP contribution in [0.1, 0.15) is 395 Å². The third-order valence-electron chi connectivity index (χ3n) is 17.7. The largest absolute Gasteiger partial charge is 0.472 e. The third kappa shape index (κ3) is 70.3. The summed E-state index contributed by atoms with van der Waals surface area (Å²) in [7, 11) is -9.91. The lowest BCUT2D eigenvalue weighted by Crippen LogP contribution is -2.30. The van der Waals surface area contributed by atoms with Gasteiger partial charge in [-0.2, -0.15) is 0 Å². The molecule has 95 heavy (non-hydrogen) atoms. The first-order valence-electron chi connectivity index (χ1n) is 39.5. The van der Waals surface area contributed by atoms with Crippen LogP contribution in [-0.4, -0.2) is 96.7 Å². The molecule has 0 aromatic heterocycles. The first-order chi connectivity index (χ1) is 45.9. The molecule has 564 valence electrons.